The SMILES string of the molecule is CC(=O)c1ccc(S(=O)(=O)N(C)CCCC(=O)NC2CCS(=O)(=O)C2)cc1. The van der Waals surface area contributed by atoms with Gasteiger partial charge in [-0.1, -0.05) is 12.1 Å². The number of rotatable bonds is 8. The smallest absolute Gasteiger partial charge is 0.242 e. The number of nitrogens with zero attached hydrogens (tertiary/aromatic N) is 1. The van der Waals surface area contributed by atoms with E-state index in [2.05, 4.69) is 5.32 Å². The van der Waals surface area contributed by atoms with Gasteiger partial charge in [0, 0.05) is 31.6 Å². The molecule has 2 rings (SSSR count). The minimum absolute atomic E-state index is 0.0384. The van der Waals surface area contributed by atoms with Crippen LogP contribution in [0.4, 0.5) is 0 Å². The highest BCUT2D eigenvalue weighted by molar-refractivity contribution is 7.91. The van der Waals surface area contributed by atoms with Gasteiger partial charge >= 0.3 is 0 Å². The first-order valence-electron chi connectivity index (χ1n) is 8.58. The van der Waals surface area contributed by atoms with Gasteiger partial charge in [-0.05, 0) is 31.9 Å². The largest absolute Gasteiger partial charge is 0.352 e. The van der Waals surface area contributed by atoms with Crippen molar-refractivity contribution in [2.75, 3.05) is 25.1 Å². The fourth-order valence-corrected chi connectivity index (χ4v) is 5.72. The number of ketones is 1. The van der Waals surface area contributed by atoms with Crippen molar-refractivity contribution in [3.63, 3.8) is 0 Å². The number of sulfone groups is 1. The molecule has 27 heavy (non-hydrogen) atoms. The Labute approximate surface area is 159 Å². The van der Waals surface area contributed by atoms with Crippen LogP contribution in [0.1, 0.15) is 36.5 Å². The van der Waals surface area contributed by atoms with Gasteiger partial charge < -0.3 is 5.32 Å². The second-order valence-electron chi connectivity index (χ2n) is 6.68. The van der Waals surface area contributed by atoms with E-state index in [4.69, 9.17) is 0 Å². The van der Waals surface area contributed by atoms with E-state index in [1.54, 1.807) is 0 Å². The number of amides is 1. The Kier molecular flexibility index (Phi) is 6.77. The summed E-state index contributed by atoms with van der Waals surface area (Å²) in [6.07, 6.45) is 0.838. The number of hydrogen-bond donors (Lipinski definition) is 1. The number of carbonyl (C=O) groups is 2. The first-order chi connectivity index (χ1) is 12.5. The molecule has 1 aliphatic rings. The maximum Gasteiger partial charge on any atom is 0.242 e. The Hall–Kier alpha value is -1.78. The highest BCUT2D eigenvalue weighted by Gasteiger charge is 2.28. The van der Waals surface area contributed by atoms with E-state index in [9.17, 15) is 26.4 Å². The van der Waals surface area contributed by atoms with E-state index in [0.29, 0.717) is 18.4 Å². The molecule has 150 valence electrons. The molecule has 8 nitrogen and oxygen atoms in total. The van der Waals surface area contributed by atoms with Crippen LogP contribution in [0, 0.1) is 0 Å². The summed E-state index contributed by atoms with van der Waals surface area (Å²) in [4.78, 5) is 23.3. The number of nitrogens with one attached hydrogen (secondary N) is 1. The summed E-state index contributed by atoms with van der Waals surface area (Å²) < 4.78 is 49.0. The fourth-order valence-electron chi connectivity index (χ4n) is 2.83. The summed E-state index contributed by atoms with van der Waals surface area (Å²) >= 11 is 0. The van der Waals surface area contributed by atoms with E-state index in [1.165, 1.54) is 38.2 Å². The van der Waals surface area contributed by atoms with Gasteiger partial charge in [-0.3, -0.25) is 9.59 Å². The molecular weight excluding hydrogens is 392 g/mol. The summed E-state index contributed by atoms with van der Waals surface area (Å²) in [6.45, 7) is 1.55. The summed E-state index contributed by atoms with van der Waals surface area (Å²) in [5, 5.41) is 2.68. The molecule has 10 heteroatoms. The van der Waals surface area contributed by atoms with Gasteiger partial charge in [0.15, 0.2) is 15.6 Å². The van der Waals surface area contributed by atoms with Crippen molar-refractivity contribution < 1.29 is 26.4 Å². The maximum absolute atomic E-state index is 12.5. The summed E-state index contributed by atoms with van der Waals surface area (Å²) in [7, 11) is -5.34. The zero-order valence-corrected chi connectivity index (χ0v) is 17.0. The van der Waals surface area contributed by atoms with Gasteiger partial charge in [0.25, 0.3) is 0 Å². The minimum atomic E-state index is -3.71. The molecule has 1 aromatic rings. The lowest BCUT2D eigenvalue weighted by Crippen LogP contribution is -2.36. The van der Waals surface area contributed by atoms with Gasteiger partial charge in [0.1, 0.15) is 0 Å². The van der Waals surface area contributed by atoms with E-state index >= 15 is 0 Å². The predicted octanol–water partition coefficient (Wildman–Crippen LogP) is 0.593. The molecule has 1 atom stereocenters. The van der Waals surface area contributed by atoms with Crippen molar-refractivity contribution in [2.24, 2.45) is 0 Å². The Morgan fingerprint density at radius 1 is 1.22 bits per heavy atom. The van der Waals surface area contributed by atoms with Gasteiger partial charge in [-0.2, -0.15) is 0 Å². The molecule has 1 amide bonds. The molecule has 1 unspecified atom stereocenters. The Balaban J connectivity index is 1.84. The number of sulfonamides is 1. The second-order valence-corrected chi connectivity index (χ2v) is 11.0. The highest BCUT2D eigenvalue weighted by Crippen LogP contribution is 2.16. The molecule has 1 fully saturated rings. The molecule has 0 saturated carbocycles. The Morgan fingerprint density at radius 2 is 1.85 bits per heavy atom. The van der Waals surface area contributed by atoms with Crippen LogP contribution < -0.4 is 5.32 Å². The fraction of sp³-hybridized carbons (Fsp3) is 0.529. The molecule has 1 N–H and O–H groups in total. The maximum atomic E-state index is 12.5. The van der Waals surface area contributed by atoms with E-state index in [0.717, 1.165) is 4.31 Å². The third-order valence-corrected chi connectivity index (χ3v) is 8.08. The number of carbonyl (C=O) groups excluding carboxylic acids is 2. The predicted molar refractivity (Wildman–Crippen MR) is 101 cm³/mol. The monoisotopic (exact) mass is 416 g/mol. The zero-order chi connectivity index (χ0) is 20.2. The quantitative estimate of drug-likeness (QED) is 0.620. The van der Waals surface area contributed by atoms with Crippen LogP contribution in [-0.4, -0.2) is 64.0 Å². The standard InChI is InChI=1S/C17H24N2O6S2/c1-13(20)14-5-7-16(8-6-14)27(24,25)19(2)10-3-4-17(21)18-15-9-11-26(22,23)12-15/h5-8,15H,3-4,9-12H2,1-2H3,(H,18,21). The van der Waals surface area contributed by atoms with Crippen LogP contribution in [0.3, 0.4) is 0 Å². The summed E-state index contributed by atoms with van der Waals surface area (Å²) in [5.41, 5.74) is 0.433. The van der Waals surface area contributed by atoms with E-state index < -0.39 is 19.9 Å². The third kappa shape index (κ3) is 5.85. The van der Waals surface area contributed by atoms with Gasteiger partial charge in [-0.15, -0.1) is 0 Å². The van der Waals surface area contributed by atoms with Crippen LogP contribution in [0.25, 0.3) is 0 Å². The van der Waals surface area contributed by atoms with Gasteiger partial charge in [0.05, 0.1) is 16.4 Å². The first-order valence-corrected chi connectivity index (χ1v) is 11.8. The molecular formula is C17H24N2O6S2. The Bertz CT molecular complexity index is 907. The second kappa shape index (κ2) is 8.49. The summed E-state index contributed by atoms with van der Waals surface area (Å²) in [5.74, 6) is -0.382. The topological polar surface area (TPSA) is 118 Å². The first kappa shape index (κ1) is 21.5. The molecule has 0 bridgehead atoms. The number of hydrogen-bond acceptors (Lipinski definition) is 6. The van der Waals surface area contributed by atoms with Gasteiger partial charge in [0.2, 0.25) is 15.9 Å². The van der Waals surface area contributed by atoms with Crippen molar-refractivity contribution in [1.82, 2.24) is 9.62 Å². The molecule has 1 heterocycles. The van der Waals surface area contributed by atoms with Crippen molar-refractivity contribution in [3.05, 3.63) is 29.8 Å². The molecule has 0 spiro atoms. The number of benzene rings is 1. The lowest BCUT2D eigenvalue weighted by molar-refractivity contribution is -0.121. The number of Topliss-reactive ketones (excluding diaryl/α,β-unsaturated/α-hetero) is 1. The normalized spacial score (nSPS) is 19.1. The van der Waals surface area contributed by atoms with Crippen LogP contribution in [0.2, 0.25) is 0 Å². The van der Waals surface area contributed by atoms with E-state index in [-0.39, 0.29) is 47.1 Å². The lowest BCUT2D eigenvalue weighted by atomic mass is 10.2. The molecule has 0 aliphatic carbocycles. The Morgan fingerprint density at radius 3 is 2.37 bits per heavy atom. The van der Waals surface area contributed by atoms with E-state index in [1.807, 2.05) is 0 Å². The van der Waals surface area contributed by atoms with Crippen LogP contribution >= 0.6 is 0 Å². The molecule has 1 aromatic carbocycles. The van der Waals surface area contributed by atoms with Crippen LogP contribution in [-0.2, 0) is 24.7 Å². The van der Waals surface area contributed by atoms with Crippen molar-refractivity contribution >= 4 is 31.6 Å². The molecule has 0 radical (unpaired) electrons. The lowest BCUT2D eigenvalue weighted by Gasteiger charge is -2.17. The van der Waals surface area contributed by atoms with Crippen molar-refractivity contribution in [2.45, 2.75) is 37.1 Å². The molecule has 1 saturated heterocycles. The highest BCUT2D eigenvalue weighted by atomic mass is 32.2. The average molecular weight is 417 g/mol. The zero-order valence-electron chi connectivity index (χ0n) is 15.3. The third-order valence-electron chi connectivity index (χ3n) is 4.44. The van der Waals surface area contributed by atoms with Crippen LogP contribution in [0.5, 0.6) is 0 Å². The molecule has 0 aromatic heterocycles. The minimum Gasteiger partial charge on any atom is -0.352 e. The van der Waals surface area contributed by atoms with Crippen LogP contribution in [0.15, 0.2) is 29.2 Å². The molecule has 1 aliphatic heterocycles. The summed E-state index contributed by atoms with van der Waals surface area (Å²) in [6, 6.07) is 5.34. The van der Waals surface area contributed by atoms with Crippen molar-refractivity contribution in [1.29, 1.82) is 0 Å². The van der Waals surface area contributed by atoms with Crippen molar-refractivity contribution in [3.8, 4) is 0 Å². The average Bonchev–Trinajstić information content (AvgIpc) is 2.93. The van der Waals surface area contributed by atoms with Gasteiger partial charge in [-0.25, -0.2) is 21.1 Å².